The number of thioether (sulfide) groups is 1. The molecule has 0 rings (SSSR count). The maximum absolute atomic E-state index is 8.19. The summed E-state index contributed by atoms with van der Waals surface area (Å²) in [5.74, 6) is 0.762. The highest BCUT2D eigenvalue weighted by Gasteiger charge is 2.02. The largest absolute Gasteiger partial charge is 0.185 e. The number of hydrogen-bond acceptors (Lipinski definition) is 2. The van der Waals surface area contributed by atoms with Crippen molar-refractivity contribution in [3.05, 3.63) is 0 Å². The molecule has 1 atom stereocenters. The van der Waals surface area contributed by atoms with Crippen LogP contribution in [-0.4, -0.2) is 11.1 Å². The number of alkyl halides is 1. The van der Waals surface area contributed by atoms with E-state index < -0.39 is 0 Å². The number of thiocyanates is 1. The van der Waals surface area contributed by atoms with Crippen LogP contribution in [0.3, 0.4) is 0 Å². The van der Waals surface area contributed by atoms with Crippen LogP contribution in [0.15, 0.2) is 0 Å². The zero-order valence-corrected chi connectivity index (χ0v) is 7.71. The van der Waals surface area contributed by atoms with Gasteiger partial charge in [-0.2, -0.15) is 5.26 Å². The highest BCUT2D eigenvalue weighted by atomic mass is 35.5. The summed E-state index contributed by atoms with van der Waals surface area (Å²) in [4.78, 5) is 0. The van der Waals surface area contributed by atoms with Crippen LogP contribution in [0.1, 0.15) is 26.2 Å². The van der Waals surface area contributed by atoms with E-state index in [1.165, 1.54) is 24.6 Å². The number of nitrogens with zero attached hydrogens (tertiary/aromatic N) is 1. The minimum atomic E-state index is 0.185. The summed E-state index contributed by atoms with van der Waals surface area (Å²) in [5.41, 5.74) is 0. The first kappa shape index (κ1) is 10.1. The number of hydrogen-bond donors (Lipinski definition) is 0. The maximum atomic E-state index is 8.19. The van der Waals surface area contributed by atoms with E-state index in [0.29, 0.717) is 0 Å². The summed E-state index contributed by atoms with van der Waals surface area (Å²) in [6.07, 6.45) is 3.38. The molecule has 0 aromatic rings. The lowest BCUT2D eigenvalue weighted by atomic mass is 10.2. The Balaban J connectivity index is 3.10. The zero-order chi connectivity index (χ0) is 7.82. The minimum absolute atomic E-state index is 0.185. The van der Waals surface area contributed by atoms with E-state index in [1.54, 1.807) is 0 Å². The molecule has 0 aromatic carbocycles. The van der Waals surface area contributed by atoms with Crippen LogP contribution in [0.25, 0.3) is 0 Å². The van der Waals surface area contributed by atoms with Gasteiger partial charge in [-0.1, -0.05) is 19.8 Å². The molecule has 0 heterocycles. The minimum Gasteiger partial charge on any atom is -0.185 e. The van der Waals surface area contributed by atoms with Gasteiger partial charge in [0.15, 0.2) is 0 Å². The van der Waals surface area contributed by atoms with Crippen LogP contribution >= 0.6 is 23.4 Å². The van der Waals surface area contributed by atoms with Gasteiger partial charge in [0.2, 0.25) is 0 Å². The van der Waals surface area contributed by atoms with E-state index in [1.807, 2.05) is 5.40 Å². The van der Waals surface area contributed by atoms with Crippen LogP contribution < -0.4 is 0 Å². The van der Waals surface area contributed by atoms with Crippen molar-refractivity contribution in [2.24, 2.45) is 0 Å². The van der Waals surface area contributed by atoms with Crippen molar-refractivity contribution in [1.29, 1.82) is 5.26 Å². The second kappa shape index (κ2) is 7.24. The van der Waals surface area contributed by atoms with Crippen molar-refractivity contribution in [3.63, 3.8) is 0 Å². The van der Waals surface area contributed by atoms with Crippen LogP contribution in [-0.2, 0) is 0 Å². The van der Waals surface area contributed by atoms with Crippen molar-refractivity contribution in [1.82, 2.24) is 0 Å². The van der Waals surface area contributed by atoms with Gasteiger partial charge in [0.25, 0.3) is 0 Å². The second-order valence-corrected chi connectivity index (χ2v) is 3.56. The van der Waals surface area contributed by atoms with E-state index >= 15 is 0 Å². The third-order valence-electron chi connectivity index (χ3n) is 1.20. The Morgan fingerprint density at radius 2 is 2.40 bits per heavy atom. The normalized spacial score (nSPS) is 12.5. The molecule has 0 N–H and O–H groups in total. The molecule has 1 unspecified atom stereocenters. The first-order valence-electron chi connectivity index (χ1n) is 3.46. The van der Waals surface area contributed by atoms with E-state index in [-0.39, 0.29) is 5.38 Å². The fourth-order valence-electron chi connectivity index (χ4n) is 0.637. The molecule has 58 valence electrons. The Morgan fingerprint density at radius 3 is 2.90 bits per heavy atom. The summed E-state index contributed by atoms with van der Waals surface area (Å²) in [6, 6.07) is 0. The molecule has 0 fully saturated rings. The first-order valence-corrected chi connectivity index (χ1v) is 4.88. The monoisotopic (exact) mass is 177 g/mol. The van der Waals surface area contributed by atoms with Crippen molar-refractivity contribution >= 4 is 23.4 Å². The van der Waals surface area contributed by atoms with Crippen molar-refractivity contribution < 1.29 is 0 Å². The fraction of sp³-hybridized carbons (Fsp3) is 0.857. The highest BCUT2D eigenvalue weighted by molar-refractivity contribution is 8.03. The smallest absolute Gasteiger partial charge is 0.133 e. The molecule has 0 aliphatic heterocycles. The van der Waals surface area contributed by atoms with E-state index in [0.717, 1.165) is 12.2 Å². The molecule has 0 saturated carbocycles. The molecular weight excluding hydrogens is 166 g/mol. The molecule has 0 aliphatic carbocycles. The SMILES string of the molecule is CCCCC(Cl)CSC#N. The quantitative estimate of drug-likeness (QED) is 0.476. The second-order valence-electron chi connectivity index (χ2n) is 2.14. The highest BCUT2D eigenvalue weighted by Crippen LogP contribution is 2.12. The number of nitriles is 1. The van der Waals surface area contributed by atoms with Crippen molar-refractivity contribution in [3.8, 4) is 5.40 Å². The van der Waals surface area contributed by atoms with Crippen LogP contribution in [0, 0.1) is 10.7 Å². The predicted octanol–water partition coefficient (Wildman–Crippen LogP) is 3.00. The molecule has 0 amide bonds. The molecule has 0 spiro atoms. The van der Waals surface area contributed by atoms with Crippen LogP contribution in [0.4, 0.5) is 0 Å². The Bertz CT molecular complexity index is 111. The average Bonchev–Trinajstić information content (AvgIpc) is 1.97. The number of rotatable bonds is 5. The van der Waals surface area contributed by atoms with Crippen LogP contribution in [0.2, 0.25) is 0 Å². The molecule has 0 aromatic heterocycles. The predicted molar refractivity (Wildman–Crippen MR) is 47.2 cm³/mol. The van der Waals surface area contributed by atoms with E-state index in [2.05, 4.69) is 6.92 Å². The maximum Gasteiger partial charge on any atom is 0.133 e. The van der Waals surface area contributed by atoms with Gasteiger partial charge < -0.3 is 0 Å². The van der Waals surface area contributed by atoms with Crippen molar-refractivity contribution in [2.75, 3.05) is 5.75 Å². The average molecular weight is 178 g/mol. The molecule has 0 radical (unpaired) electrons. The summed E-state index contributed by atoms with van der Waals surface area (Å²) in [6.45, 7) is 2.14. The van der Waals surface area contributed by atoms with Gasteiger partial charge in [0.1, 0.15) is 5.40 Å². The Labute approximate surface area is 71.7 Å². The van der Waals surface area contributed by atoms with Gasteiger partial charge in [0.05, 0.1) is 0 Å². The zero-order valence-electron chi connectivity index (χ0n) is 6.14. The summed E-state index contributed by atoms with van der Waals surface area (Å²) in [5, 5.41) is 10.4. The third kappa shape index (κ3) is 6.25. The summed E-state index contributed by atoms with van der Waals surface area (Å²) in [7, 11) is 0. The van der Waals surface area contributed by atoms with Gasteiger partial charge in [-0.25, -0.2) is 0 Å². The fourth-order valence-corrected chi connectivity index (χ4v) is 1.40. The number of unbranched alkanes of at least 4 members (excludes halogenated alkanes) is 1. The number of halogens is 1. The molecule has 10 heavy (non-hydrogen) atoms. The Morgan fingerprint density at radius 1 is 1.70 bits per heavy atom. The molecule has 3 heteroatoms. The van der Waals surface area contributed by atoms with Gasteiger partial charge in [-0.3, -0.25) is 0 Å². The third-order valence-corrected chi connectivity index (χ3v) is 2.45. The Hall–Kier alpha value is 0.130. The van der Waals surface area contributed by atoms with Crippen molar-refractivity contribution in [2.45, 2.75) is 31.6 Å². The molecule has 1 nitrogen and oxygen atoms in total. The molecule has 0 bridgehead atoms. The van der Waals surface area contributed by atoms with E-state index in [9.17, 15) is 0 Å². The standard InChI is InChI=1S/C7H12ClNS/c1-2-3-4-7(8)5-10-6-9/h7H,2-5H2,1H3. The molecular formula is C7H12ClNS. The van der Waals surface area contributed by atoms with Gasteiger partial charge in [-0.05, 0) is 18.2 Å². The summed E-state index contributed by atoms with van der Waals surface area (Å²) >= 11 is 7.11. The first-order chi connectivity index (χ1) is 4.81. The van der Waals surface area contributed by atoms with Gasteiger partial charge in [-0.15, -0.1) is 11.6 Å². The van der Waals surface area contributed by atoms with Crippen LogP contribution in [0.5, 0.6) is 0 Å². The van der Waals surface area contributed by atoms with Gasteiger partial charge in [0, 0.05) is 11.1 Å². The summed E-state index contributed by atoms with van der Waals surface area (Å²) < 4.78 is 0. The lowest BCUT2D eigenvalue weighted by Crippen LogP contribution is -2.00. The molecule has 0 saturated heterocycles. The van der Waals surface area contributed by atoms with E-state index in [4.69, 9.17) is 16.9 Å². The molecule has 0 aliphatic rings. The lowest BCUT2D eigenvalue weighted by molar-refractivity contribution is 0.712. The lowest BCUT2D eigenvalue weighted by Gasteiger charge is -2.03. The Kier molecular flexibility index (Phi) is 7.33. The topological polar surface area (TPSA) is 23.8 Å². The van der Waals surface area contributed by atoms with Gasteiger partial charge >= 0.3 is 0 Å².